The number of ether oxygens (including phenoxy) is 2. The van der Waals surface area contributed by atoms with Gasteiger partial charge in [-0.25, -0.2) is 9.97 Å². The van der Waals surface area contributed by atoms with Crippen molar-refractivity contribution in [2.24, 2.45) is 5.92 Å². The topological polar surface area (TPSA) is 82.3 Å². The van der Waals surface area contributed by atoms with Gasteiger partial charge >= 0.3 is 0 Å². The lowest BCUT2D eigenvalue weighted by molar-refractivity contribution is 0.138. The molecular formula is C23H28N4O3. The van der Waals surface area contributed by atoms with Crippen LogP contribution in [0.2, 0.25) is 0 Å². The number of fused-ring (bicyclic) bond motifs is 1. The van der Waals surface area contributed by atoms with E-state index < -0.39 is 0 Å². The number of aromatic nitrogens is 3. The van der Waals surface area contributed by atoms with Gasteiger partial charge in [-0.05, 0) is 49.3 Å². The summed E-state index contributed by atoms with van der Waals surface area (Å²) in [5.74, 6) is 2.67. The monoisotopic (exact) mass is 408 g/mol. The van der Waals surface area contributed by atoms with Gasteiger partial charge in [-0.2, -0.15) is 4.98 Å². The average Bonchev–Trinajstić information content (AvgIpc) is 3.38. The van der Waals surface area contributed by atoms with Crippen molar-refractivity contribution in [2.45, 2.75) is 58.1 Å². The smallest absolute Gasteiger partial charge is 0.226 e. The van der Waals surface area contributed by atoms with Gasteiger partial charge in [0.25, 0.3) is 0 Å². The average molecular weight is 409 g/mol. The number of hydrogen-bond donors (Lipinski definition) is 1. The number of rotatable bonds is 5. The first-order chi connectivity index (χ1) is 14.6. The predicted octanol–water partition coefficient (Wildman–Crippen LogP) is 4.75. The van der Waals surface area contributed by atoms with Crippen molar-refractivity contribution < 1.29 is 13.9 Å². The molecule has 2 fully saturated rings. The molecule has 1 aliphatic heterocycles. The summed E-state index contributed by atoms with van der Waals surface area (Å²) in [7, 11) is 0. The molecule has 7 nitrogen and oxygen atoms in total. The molecule has 2 aromatic heterocycles. The van der Waals surface area contributed by atoms with Gasteiger partial charge in [-0.15, -0.1) is 0 Å². The molecule has 3 aromatic rings. The zero-order valence-electron chi connectivity index (χ0n) is 17.6. The third kappa shape index (κ3) is 4.12. The Kier molecular flexibility index (Phi) is 5.29. The van der Waals surface area contributed by atoms with Crippen LogP contribution in [0.4, 0.5) is 5.95 Å². The van der Waals surface area contributed by atoms with Gasteiger partial charge in [-0.1, -0.05) is 13.0 Å². The maximum absolute atomic E-state index is 6.26. The zero-order chi connectivity index (χ0) is 20.5. The molecule has 0 amide bonds. The van der Waals surface area contributed by atoms with E-state index >= 15 is 0 Å². The number of benzene rings is 1. The standard InChI is InChI=1S/C23H28N4O3/c1-14-3-6-17(7-4-14)26-23-24-12-19(22(27-23)30-18-9-10-28-13-18)16-5-8-20-21(11-16)29-15(2)25-20/h5,8,11-12,14,17-18H,3-4,6-7,9-10,13H2,1-2H3,(H,24,26,27)/t14?,17?,18-/m1/s1. The van der Waals surface area contributed by atoms with Gasteiger partial charge in [0.2, 0.25) is 11.8 Å². The maximum Gasteiger partial charge on any atom is 0.226 e. The second kappa shape index (κ2) is 8.22. The summed E-state index contributed by atoms with van der Waals surface area (Å²) in [6.07, 6.45) is 7.52. The van der Waals surface area contributed by atoms with E-state index in [9.17, 15) is 0 Å². The molecule has 2 aliphatic rings. The Hall–Kier alpha value is -2.67. The van der Waals surface area contributed by atoms with E-state index in [1.165, 1.54) is 12.8 Å². The lowest BCUT2D eigenvalue weighted by atomic mass is 9.87. The van der Waals surface area contributed by atoms with Crippen LogP contribution in [0, 0.1) is 12.8 Å². The molecule has 1 aromatic carbocycles. The van der Waals surface area contributed by atoms with E-state index in [0.717, 1.165) is 54.0 Å². The highest BCUT2D eigenvalue weighted by Gasteiger charge is 2.23. The molecule has 5 rings (SSSR count). The van der Waals surface area contributed by atoms with Crippen LogP contribution in [0.5, 0.6) is 5.88 Å². The minimum Gasteiger partial charge on any atom is -0.471 e. The van der Waals surface area contributed by atoms with E-state index in [1.807, 2.05) is 31.3 Å². The maximum atomic E-state index is 6.26. The van der Waals surface area contributed by atoms with Crippen molar-refractivity contribution in [3.05, 3.63) is 30.3 Å². The van der Waals surface area contributed by atoms with Crippen LogP contribution in [0.1, 0.15) is 44.9 Å². The molecule has 1 aliphatic carbocycles. The zero-order valence-corrected chi connectivity index (χ0v) is 17.6. The molecule has 0 radical (unpaired) electrons. The summed E-state index contributed by atoms with van der Waals surface area (Å²) in [6, 6.07) is 6.36. The first kappa shape index (κ1) is 19.3. The Morgan fingerprint density at radius 1 is 1.10 bits per heavy atom. The summed E-state index contributed by atoms with van der Waals surface area (Å²) in [5, 5.41) is 3.52. The number of hydrogen-bond acceptors (Lipinski definition) is 7. The van der Waals surface area contributed by atoms with Crippen molar-refractivity contribution in [3.8, 4) is 17.0 Å². The fourth-order valence-electron chi connectivity index (χ4n) is 4.28. The van der Waals surface area contributed by atoms with Gasteiger partial charge in [0.15, 0.2) is 11.5 Å². The third-order valence-electron chi connectivity index (χ3n) is 6.08. The Morgan fingerprint density at radius 3 is 2.77 bits per heavy atom. The number of oxazole rings is 1. The normalized spacial score (nSPS) is 24.3. The van der Waals surface area contributed by atoms with E-state index in [0.29, 0.717) is 30.4 Å². The van der Waals surface area contributed by atoms with Gasteiger partial charge in [0.05, 0.1) is 18.8 Å². The SMILES string of the molecule is Cc1nc2ccc(-c3cnc(NC4CCC(C)CC4)nc3O[C@@H]3CCOC3)cc2o1. The van der Waals surface area contributed by atoms with Gasteiger partial charge in [-0.3, -0.25) is 0 Å². The second-order valence-electron chi connectivity index (χ2n) is 8.53. The fraction of sp³-hybridized carbons (Fsp3) is 0.522. The molecule has 30 heavy (non-hydrogen) atoms. The summed E-state index contributed by atoms with van der Waals surface area (Å²) in [5.41, 5.74) is 3.39. The molecule has 0 bridgehead atoms. The number of aryl methyl sites for hydroxylation is 1. The van der Waals surface area contributed by atoms with E-state index in [-0.39, 0.29) is 6.10 Å². The lowest BCUT2D eigenvalue weighted by Crippen LogP contribution is -2.26. The minimum absolute atomic E-state index is 0.0123. The summed E-state index contributed by atoms with van der Waals surface area (Å²) in [6.45, 7) is 5.49. The Bertz CT molecular complexity index is 1020. The van der Waals surface area contributed by atoms with Crippen molar-refractivity contribution in [2.75, 3.05) is 18.5 Å². The van der Waals surface area contributed by atoms with Crippen LogP contribution in [-0.4, -0.2) is 40.3 Å². The first-order valence-electron chi connectivity index (χ1n) is 10.9. The van der Waals surface area contributed by atoms with Crippen molar-refractivity contribution in [1.29, 1.82) is 0 Å². The predicted molar refractivity (Wildman–Crippen MR) is 115 cm³/mol. The lowest BCUT2D eigenvalue weighted by Gasteiger charge is -2.27. The van der Waals surface area contributed by atoms with E-state index in [4.69, 9.17) is 18.9 Å². The number of nitrogens with one attached hydrogen (secondary N) is 1. The van der Waals surface area contributed by atoms with Crippen LogP contribution in [0.15, 0.2) is 28.8 Å². The molecule has 158 valence electrons. The fourth-order valence-corrected chi connectivity index (χ4v) is 4.28. The van der Waals surface area contributed by atoms with E-state index in [1.54, 1.807) is 0 Å². The van der Waals surface area contributed by atoms with Crippen LogP contribution in [-0.2, 0) is 4.74 Å². The summed E-state index contributed by atoms with van der Waals surface area (Å²) < 4.78 is 17.5. The summed E-state index contributed by atoms with van der Waals surface area (Å²) in [4.78, 5) is 13.8. The molecule has 1 saturated heterocycles. The molecule has 0 spiro atoms. The Labute approximate surface area is 176 Å². The number of nitrogens with zero attached hydrogens (tertiary/aromatic N) is 3. The van der Waals surface area contributed by atoms with Crippen LogP contribution in [0.3, 0.4) is 0 Å². The quantitative estimate of drug-likeness (QED) is 0.652. The van der Waals surface area contributed by atoms with Crippen molar-refractivity contribution in [1.82, 2.24) is 15.0 Å². The molecule has 1 N–H and O–H groups in total. The molecule has 3 heterocycles. The first-order valence-corrected chi connectivity index (χ1v) is 10.9. The second-order valence-corrected chi connectivity index (χ2v) is 8.53. The van der Waals surface area contributed by atoms with E-state index in [2.05, 4.69) is 22.2 Å². The van der Waals surface area contributed by atoms with Crippen LogP contribution >= 0.6 is 0 Å². The molecule has 1 atom stereocenters. The molecule has 1 saturated carbocycles. The number of anilines is 1. The molecular weight excluding hydrogens is 380 g/mol. The molecule has 0 unspecified atom stereocenters. The summed E-state index contributed by atoms with van der Waals surface area (Å²) >= 11 is 0. The Balaban J connectivity index is 1.45. The van der Waals surface area contributed by atoms with Crippen LogP contribution < -0.4 is 10.1 Å². The largest absolute Gasteiger partial charge is 0.471 e. The molecule has 7 heteroatoms. The van der Waals surface area contributed by atoms with Crippen LogP contribution in [0.25, 0.3) is 22.2 Å². The highest BCUT2D eigenvalue weighted by molar-refractivity contribution is 5.81. The minimum atomic E-state index is 0.0123. The van der Waals surface area contributed by atoms with Gasteiger partial charge < -0.3 is 19.2 Å². The van der Waals surface area contributed by atoms with Gasteiger partial charge in [0, 0.05) is 25.6 Å². The third-order valence-corrected chi connectivity index (χ3v) is 6.08. The highest BCUT2D eigenvalue weighted by atomic mass is 16.5. The van der Waals surface area contributed by atoms with Crippen molar-refractivity contribution >= 4 is 17.0 Å². The highest BCUT2D eigenvalue weighted by Crippen LogP contribution is 2.33. The van der Waals surface area contributed by atoms with Gasteiger partial charge in [0.1, 0.15) is 11.6 Å². The van der Waals surface area contributed by atoms with Crippen molar-refractivity contribution in [3.63, 3.8) is 0 Å². The Morgan fingerprint density at radius 2 is 1.97 bits per heavy atom.